The second-order valence-electron chi connectivity index (χ2n) is 2.98. The van der Waals surface area contributed by atoms with Crippen LogP contribution in [0.25, 0.3) is 10.9 Å². The van der Waals surface area contributed by atoms with Gasteiger partial charge in [0.2, 0.25) is 0 Å². The Kier molecular flexibility index (Phi) is 1.07. The molecule has 2 heterocycles. The van der Waals surface area contributed by atoms with Crippen LogP contribution in [0.2, 0.25) is 0 Å². The van der Waals surface area contributed by atoms with E-state index in [4.69, 9.17) is 4.74 Å². The van der Waals surface area contributed by atoms with Crippen LogP contribution >= 0.6 is 0 Å². The fraction of sp³-hybridized carbons (Fsp3) is 0.222. The first kappa shape index (κ1) is 6.20. The summed E-state index contributed by atoms with van der Waals surface area (Å²) in [7, 11) is 0. The standard InChI is InChI=1S/C9H8N2O/c1-2-4-7-6(3-1)9(11-10-7)8-5-12-8/h1-4,8H,5H2,(H,10,11)/t8-/m0/s1. The lowest BCUT2D eigenvalue weighted by Crippen LogP contribution is -1.79. The summed E-state index contributed by atoms with van der Waals surface area (Å²) >= 11 is 0. The lowest BCUT2D eigenvalue weighted by molar-refractivity contribution is 0.412. The molecule has 3 rings (SSSR count). The summed E-state index contributed by atoms with van der Waals surface area (Å²) in [5.74, 6) is 0. The van der Waals surface area contributed by atoms with Crippen molar-refractivity contribution in [1.29, 1.82) is 0 Å². The van der Waals surface area contributed by atoms with Gasteiger partial charge >= 0.3 is 0 Å². The van der Waals surface area contributed by atoms with E-state index >= 15 is 0 Å². The molecule has 0 saturated carbocycles. The summed E-state index contributed by atoms with van der Waals surface area (Å²) in [5.41, 5.74) is 2.13. The highest BCUT2D eigenvalue weighted by atomic mass is 16.6. The molecule has 1 saturated heterocycles. The molecular weight excluding hydrogens is 152 g/mol. The molecule has 1 atom stereocenters. The molecule has 1 aromatic carbocycles. The van der Waals surface area contributed by atoms with Crippen molar-refractivity contribution in [3.05, 3.63) is 30.0 Å². The fourth-order valence-electron chi connectivity index (χ4n) is 1.44. The molecule has 1 aliphatic heterocycles. The van der Waals surface area contributed by atoms with Gasteiger partial charge in [-0.3, -0.25) is 5.10 Å². The van der Waals surface area contributed by atoms with E-state index in [1.165, 1.54) is 5.39 Å². The summed E-state index contributed by atoms with van der Waals surface area (Å²) in [5, 5.41) is 8.36. The molecule has 3 heteroatoms. The van der Waals surface area contributed by atoms with E-state index in [9.17, 15) is 0 Å². The van der Waals surface area contributed by atoms with Gasteiger partial charge in [-0.2, -0.15) is 5.10 Å². The SMILES string of the molecule is c1ccc2c([C@@H]3CO3)[nH]nc2c1. The van der Waals surface area contributed by atoms with Crippen LogP contribution in [0.15, 0.2) is 24.3 Å². The molecule has 1 aliphatic rings. The lowest BCUT2D eigenvalue weighted by Gasteiger charge is -1.88. The molecule has 1 N–H and O–H groups in total. The van der Waals surface area contributed by atoms with Gasteiger partial charge in [-0.25, -0.2) is 0 Å². The number of nitrogens with one attached hydrogen (secondary N) is 1. The Bertz CT molecular complexity index is 417. The molecule has 60 valence electrons. The van der Waals surface area contributed by atoms with Crippen LogP contribution in [0.5, 0.6) is 0 Å². The zero-order chi connectivity index (χ0) is 7.97. The summed E-state index contributed by atoms with van der Waals surface area (Å²) in [6.07, 6.45) is 0.261. The monoisotopic (exact) mass is 160 g/mol. The maximum atomic E-state index is 5.19. The number of nitrogens with zero attached hydrogens (tertiary/aromatic N) is 1. The van der Waals surface area contributed by atoms with Crippen LogP contribution in [-0.4, -0.2) is 16.8 Å². The number of hydrogen-bond acceptors (Lipinski definition) is 2. The Morgan fingerprint density at radius 1 is 1.42 bits per heavy atom. The molecule has 0 amide bonds. The van der Waals surface area contributed by atoms with Crippen molar-refractivity contribution in [1.82, 2.24) is 10.2 Å². The van der Waals surface area contributed by atoms with E-state index in [2.05, 4.69) is 16.3 Å². The van der Waals surface area contributed by atoms with Crippen LogP contribution in [0, 0.1) is 0 Å². The molecule has 1 fully saturated rings. The van der Waals surface area contributed by atoms with Crippen LogP contribution < -0.4 is 0 Å². The molecule has 0 unspecified atom stereocenters. The van der Waals surface area contributed by atoms with E-state index in [-0.39, 0.29) is 6.10 Å². The van der Waals surface area contributed by atoms with Gasteiger partial charge in [-0.1, -0.05) is 18.2 Å². The molecule has 0 spiro atoms. The highest BCUT2D eigenvalue weighted by Gasteiger charge is 2.28. The zero-order valence-electron chi connectivity index (χ0n) is 6.45. The topological polar surface area (TPSA) is 41.2 Å². The Balaban J connectivity index is 2.30. The second kappa shape index (κ2) is 2.08. The number of hydrogen-bond donors (Lipinski definition) is 1. The summed E-state index contributed by atoms with van der Waals surface area (Å²) in [6, 6.07) is 8.07. The van der Waals surface area contributed by atoms with Gasteiger partial charge in [0.05, 0.1) is 17.8 Å². The number of para-hydroxylation sites is 1. The van der Waals surface area contributed by atoms with Gasteiger partial charge in [-0.15, -0.1) is 0 Å². The number of H-pyrrole nitrogens is 1. The third-order valence-corrected chi connectivity index (χ3v) is 2.15. The zero-order valence-corrected chi connectivity index (χ0v) is 6.45. The highest BCUT2D eigenvalue weighted by Crippen LogP contribution is 2.32. The first-order valence-electron chi connectivity index (χ1n) is 4.00. The summed E-state index contributed by atoms with van der Waals surface area (Å²) in [6.45, 7) is 0.826. The lowest BCUT2D eigenvalue weighted by atomic mass is 10.2. The molecule has 2 aromatic rings. The van der Waals surface area contributed by atoms with Gasteiger partial charge < -0.3 is 4.74 Å². The summed E-state index contributed by atoms with van der Waals surface area (Å²) in [4.78, 5) is 0. The smallest absolute Gasteiger partial charge is 0.123 e. The Hall–Kier alpha value is -1.35. The van der Waals surface area contributed by atoms with Gasteiger partial charge in [0, 0.05) is 5.39 Å². The van der Waals surface area contributed by atoms with Crippen molar-refractivity contribution < 1.29 is 4.74 Å². The fourth-order valence-corrected chi connectivity index (χ4v) is 1.44. The van der Waals surface area contributed by atoms with E-state index in [0.717, 1.165) is 17.8 Å². The van der Waals surface area contributed by atoms with Crippen LogP contribution in [0.3, 0.4) is 0 Å². The van der Waals surface area contributed by atoms with Gasteiger partial charge in [-0.05, 0) is 6.07 Å². The highest BCUT2D eigenvalue weighted by molar-refractivity contribution is 5.81. The van der Waals surface area contributed by atoms with Gasteiger partial charge in [0.25, 0.3) is 0 Å². The second-order valence-corrected chi connectivity index (χ2v) is 2.98. The maximum absolute atomic E-state index is 5.19. The third kappa shape index (κ3) is 0.769. The predicted molar refractivity (Wildman–Crippen MR) is 44.8 cm³/mol. The van der Waals surface area contributed by atoms with Gasteiger partial charge in [0.15, 0.2) is 0 Å². The number of epoxide rings is 1. The largest absolute Gasteiger partial charge is 0.366 e. The van der Waals surface area contributed by atoms with Crippen LogP contribution in [0.1, 0.15) is 11.8 Å². The van der Waals surface area contributed by atoms with Crippen molar-refractivity contribution in [2.24, 2.45) is 0 Å². The molecular formula is C9H8N2O. The first-order chi connectivity index (χ1) is 5.95. The minimum absolute atomic E-state index is 0.261. The minimum Gasteiger partial charge on any atom is -0.366 e. The number of aromatic nitrogens is 2. The Morgan fingerprint density at radius 2 is 2.25 bits per heavy atom. The minimum atomic E-state index is 0.261. The normalized spacial score (nSPS) is 21.5. The van der Waals surface area contributed by atoms with E-state index in [0.29, 0.717) is 0 Å². The Labute approximate surface area is 69.3 Å². The molecule has 0 aliphatic carbocycles. The van der Waals surface area contributed by atoms with Crippen molar-refractivity contribution in [3.8, 4) is 0 Å². The maximum Gasteiger partial charge on any atom is 0.123 e. The van der Waals surface area contributed by atoms with Crippen molar-refractivity contribution >= 4 is 10.9 Å². The predicted octanol–water partition coefficient (Wildman–Crippen LogP) is 1.63. The molecule has 0 bridgehead atoms. The molecule has 0 radical (unpaired) electrons. The average molecular weight is 160 g/mol. The van der Waals surface area contributed by atoms with Crippen LogP contribution in [0.4, 0.5) is 0 Å². The summed E-state index contributed by atoms with van der Waals surface area (Å²) < 4.78 is 5.19. The van der Waals surface area contributed by atoms with E-state index < -0.39 is 0 Å². The quantitative estimate of drug-likeness (QED) is 0.644. The number of fused-ring (bicyclic) bond motifs is 1. The number of rotatable bonds is 1. The van der Waals surface area contributed by atoms with Gasteiger partial charge in [0.1, 0.15) is 6.10 Å². The van der Waals surface area contributed by atoms with Crippen molar-refractivity contribution in [2.45, 2.75) is 6.10 Å². The average Bonchev–Trinajstić information content (AvgIpc) is 2.86. The number of aromatic amines is 1. The van der Waals surface area contributed by atoms with E-state index in [1.54, 1.807) is 0 Å². The first-order valence-corrected chi connectivity index (χ1v) is 4.00. The molecule has 3 nitrogen and oxygen atoms in total. The molecule has 1 aromatic heterocycles. The third-order valence-electron chi connectivity index (χ3n) is 2.15. The number of benzene rings is 1. The van der Waals surface area contributed by atoms with Crippen LogP contribution in [-0.2, 0) is 4.74 Å². The van der Waals surface area contributed by atoms with Crippen molar-refractivity contribution in [3.63, 3.8) is 0 Å². The van der Waals surface area contributed by atoms with E-state index in [1.807, 2.05) is 18.2 Å². The Morgan fingerprint density at radius 3 is 3.08 bits per heavy atom. The molecule has 12 heavy (non-hydrogen) atoms. The number of ether oxygens (including phenoxy) is 1. The van der Waals surface area contributed by atoms with Crippen molar-refractivity contribution in [2.75, 3.05) is 6.61 Å².